The maximum Gasteiger partial charge on any atom is 0.167 e. The molecule has 0 nitrogen and oxygen atoms in total. The molecule has 4 rings (SSSR count). The van der Waals surface area contributed by atoms with Crippen LogP contribution in [0.2, 0.25) is 0 Å². The summed E-state index contributed by atoms with van der Waals surface area (Å²) in [6, 6.07) is 5.65. The molecule has 0 spiro atoms. The van der Waals surface area contributed by atoms with E-state index in [0.29, 0.717) is 23.3 Å². The monoisotopic (exact) mass is 416 g/mol. The molecule has 2 saturated carbocycles. The van der Waals surface area contributed by atoms with E-state index in [-0.39, 0.29) is 22.6 Å². The van der Waals surface area contributed by atoms with Crippen LogP contribution in [0.4, 0.5) is 17.6 Å². The molecule has 0 aromatic heterocycles. The van der Waals surface area contributed by atoms with Gasteiger partial charge in [-0.25, -0.2) is 17.6 Å². The Balaban J connectivity index is 1.57. The minimum atomic E-state index is -1.14. The molecule has 0 amide bonds. The molecule has 160 valence electrons. The van der Waals surface area contributed by atoms with Gasteiger partial charge in [-0.3, -0.25) is 0 Å². The first-order valence-electron chi connectivity index (χ1n) is 11.0. The zero-order valence-corrected chi connectivity index (χ0v) is 17.5. The molecule has 4 heteroatoms. The molecule has 2 fully saturated rings. The van der Waals surface area contributed by atoms with Gasteiger partial charge in [-0.05, 0) is 87.2 Å². The highest BCUT2D eigenvalue weighted by atomic mass is 19.2. The van der Waals surface area contributed by atoms with Gasteiger partial charge in [0.25, 0.3) is 0 Å². The second kappa shape index (κ2) is 8.56. The van der Waals surface area contributed by atoms with Crippen LogP contribution in [0.1, 0.15) is 62.5 Å². The van der Waals surface area contributed by atoms with Gasteiger partial charge in [0.05, 0.1) is 0 Å². The lowest BCUT2D eigenvalue weighted by Gasteiger charge is -2.42. The summed E-state index contributed by atoms with van der Waals surface area (Å²) in [5, 5.41) is 0. The van der Waals surface area contributed by atoms with Gasteiger partial charge in [-0.15, -0.1) is 0 Å². The number of hydrogen-bond acceptors (Lipinski definition) is 0. The molecule has 4 atom stereocenters. The van der Waals surface area contributed by atoms with Crippen LogP contribution >= 0.6 is 0 Å². The summed E-state index contributed by atoms with van der Waals surface area (Å²) in [6.45, 7) is 3.49. The molecule has 30 heavy (non-hydrogen) atoms. The van der Waals surface area contributed by atoms with Crippen LogP contribution in [0.3, 0.4) is 0 Å². The standard InChI is InChI=1S/C26H28F4/c1-3-4-16-6-7-18-14-19(9-8-17(18)13-16)20-11-12-22(26(30)24(20)28)21-10-5-15(2)23(27)25(21)29/h3-5,10-12,16-19H,6-9,13-14H2,1-2H3/b4-3+. The van der Waals surface area contributed by atoms with Crippen molar-refractivity contribution in [1.82, 2.24) is 0 Å². The van der Waals surface area contributed by atoms with Gasteiger partial charge in [0.15, 0.2) is 23.3 Å². The van der Waals surface area contributed by atoms with E-state index >= 15 is 4.39 Å². The molecule has 0 N–H and O–H groups in total. The highest BCUT2D eigenvalue weighted by Crippen LogP contribution is 2.48. The molecule has 2 aromatic rings. The Bertz CT molecular complexity index is 962. The van der Waals surface area contributed by atoms with Crippen molar-refractivity contribution in [1.29, 1.82) is 0 Å². The molecule has 0 bridgehead atoms. The highest BCUT2D eigenvalue weighted by Gasteiger charge is 2.36. The van der Waals surface area contributed by atoms with Crippen molar-refractivity contribution >= 4 is 0 Å². The van der Waals surface area contributed by atoms with Crippen LogP contribution in [0, 0.1) is 47.9 Å². The van der Waals surface area contributed by atoms with Crippen LogP contribution in [0.25, 0.3) is 11.1 Å². The Morgan fingerprint density at radius 3 is 2.10 bits per heavy atom. The molecule has 4 unspecified atom stereocenters. The van der Waals surface area contributed by atoms with E-state index in [1.165, 1.54) is 31.5 Å². The SMILES string of the molecule is C/C=C/C1CCC2CC(c3ccc(-c4ccc(C)c(F)c4F)c(F)c3F)CCC2C1. The summed E-state index contributed by atoms with van der Waals surface area (Å²) in [5.41, 5.74) is 0.0354. The Morgan fingerprint density at radius 1 is 0.733 bits per heavy atom. The highest BCUT2D eigenvalue weighted by molar-refractivity contribution is 5.66. The third-order valence-corrected chi connectivity index (χ3v) is 7.24. The zero-order valence-electron chi connectivity index (χ0n) is 17.5. The van der Waals surface area contributed by atoms with Crippen LogP contribution in [0.15, 0.2) is 36.4 Å². The van der Waals surface area contributed by atoms with E-state index in [9.17, 15) is 13.2 Å². The smallest absolute Gasteiger partial charge is 0.167 e. The van der Waals surface area contributed by atoms with Gasteiger partial charge in [0.2, 0.25) is 0 Å². The molecular weight excluding hydrogens is 388 g/mol. The lowest BCUT2D eigenvalue weighted by atomic mass is 9.64. The number of fused-ring (bicyclic) bond motifs is 1. The van der Waals surface area contributed by atoms with Crippen LogP contribution in [0.5, 0.6) is 0 Å². The second-order valence-electron chi connectivity index (χ2n) is 9.02. The number of benzene rings is 2. The third kappa shape index (κ3) is 3.81. The largest absolute Gasteiger partial charge is 0.203 e. The molecule has 0 aliphatic heterocycles. The van der Waals surface area contributed by atoms with Crippen molar-refractivity contribution in [2.75, 3.05) is 0 Å². The Hall–Kier alpha value is -2.10. The minimum Gasteiger partial charge on any atom is -0.203 e. The van der Waals surface area contributed by atoms with Crippen molar-refractivity contribution in [2.24, 2.45) is 17.8 Å². The van der Waals surface area contributed by atoms with Crippen LogP contribution in [-0.2, 0) is 0 Å². The first kappa shape index (κ1) is 21.1. The molecule has 0 heterocycles. The predicted octanol–water partition coefficient (Wildman–Crippen LogP) is 8.09. The molecule has 2 aliphatic rings. The number of aryl methyl sites for hydroxylation is 1. The van der Waals surface area contributed by atoms with Crippen LogP contribution < -0.4 is 0 Å². The molecule has 0 saturated heterocycles. The Labute approximate surface area is 176 Å². The van der Waals surface area contributed by atoms with Crippen molar-refractivity contribution in [2.45, 2.75) is 58.3 Å². The van der Waals surface area contributed by atoms with Crippen molar-refractivity contribution in [3.63, 3.8) is 0 Å². The van der Waals surface area contributed by atoms with Crippen molar-refractivity contribution in [3.8, 4) is 11.1 Å². The van der Waals surface area contributed by atoms with E-state index in [0.717, 1.165) is 32.1 Å². The number of rotatable bonds is 3. The molecule has 2 aromatic carbocycles. The first-order chi connectivity index (χ1) is 14.4. The topological polar surface area (TPSA) is 0 Å². The predicted molar refractivity (Wildman–Crippen MR) is 112 cm³/mol. The first-order valence-corrected chi connectivity index (χ1v) is 11.0. The summed E-state index contributed by atoms with van der Waals surface area (Å²) >= 11 is 0. The number of hydrogen-bond donors (Lipinski definition) is 0. The lowest BCUT2D eigenvalue weighted by Crippen LogP contribution is -2.30. The lowest BCUT2D eigenvalue weighted by molar-refractivity contribution is 0.132. The quantitative estimate of drug-likeness (QED) is 0.350. The summed E-state index contributed by atoms with van der Waals surface area (Å²) in [6.07, 6.45) is 10.6. The summed E-state index contributed by atoms with van der Waals surface area (Å²) in [5.74, 6) is -2.34. The van der Waals surface area contributed by atoms with E-state index in [1.807, 2.05) is 0 Å². The minimum absolute atomic E-state index is 0.0207. The fraction of sp³-hybridized carbons (Fsp3) is 0.462. The normalized spacial score (nSPS) is 26.7. The van der Waals surface area contributed by atoms with Gasteiger partial charge in [-0.2, -0.15) is 0 Å². The third-order valence-electron chi connectivity index (χ3n) is 7.24. The van der Waals surface area contributed by atoms with Gasteiger partial charge in [-0.1, -0.05) is 36.4 Å². The molecule has 2 aliphatic carbocycles. The summed E-state index contributed by atoms with van der Waals surface area (Å²) in [4.78, 5) is 0. The van der Waals surface area contributed by atoms with Crippen LogP contribution in [-0.4, -0.2) is 0 Å². The van der Waals surface area contributed by atoms with Gasteiger partial charge in [0.1, 0.15) is 0 Å². The molecule has 0 radical (unpaired) electrons. The van der Waals surface area contributed by atoms with E-state index in [4.69, 9.17) is 0 Å². The maximum atomic E-state index is 15.0. The van der Waals surface area contributed by atoms with Gasteiger partial charge < -0.3 is 0 Å². The Kier molecular flexibility index (Phi) is 6.04. The Morgan fingerprint density at radius 2 is 1.37 bits per heavy atom. The molecular formula is C26H28F4. The average Bonchev–Trinajstić information content (AvgIpc) is 2.74. The fourth-order valence-electron chi connectivity index (χ4n) is 5.60. The van der Waals surface area contributed by atoms with Crippen molar-refractivity contribution < 1.29 is 17.6 Å². The van der Waals surface area contributed by atoms with E-state index in [2.05, 4.69) is 19.1 Å². The number of allylic oxidation sites excluding steroid dienone is 2. The van der Waals surface area contributed by atoms with Gasteiger partial charge >= 0.3 is 0 Å². The summed E-state index contributed by atoms with van der Waals surface area (Å²) < 4.78 is 58.2. The maximum absolute atomic E-state index is 15.0. The second-order valence-corrected chi connectivity index (χ2v) is 9.02. The fourth-order valence-corrected chi connectivity index (χ4v) is 5.60. The van der Waals surface area contributed by atoms with Crippen molar-refractivity contribution in [3.05, 3.63) is 70.8 Å². The zero-order chi connectivity index (χ0) is 21.4. The summed E-state index contributed by atoms with van der Waals surface area (Å²) in [7, 11) is 0. The van der Waals surface area contributed by atoms with E-state index < -0.39 is 23.3 Å². The van der Waals surface area contributed by atoms with Gasteiger partial charge in [0, 0.05) is 11.1 Å². The average molecular weight is 417 g/mol. The number of halogens is 4. The van der Waals surface area contributed by atoms with E-state index in [1.54, 1.807) is 6.07 Å².